The van der Waals surface area contributed by atoms with Crippen molar-refractivity contribution >= 4 is 53.9 Å². The van der Waals surface area contributed by atoms with Crippen LogP contribution in [0.4, 0.5) is 11.4 Å². The highest BCUT2D eigenvalue weighted by atomic mass is 35.5. The number of likely N-dealkylation sites (tertiary alicyclic amines) is 1. The van der Waals surface area contributed by atoms with Crippen LogP contribution in [0, 0.1) is 5.92 Å². The highest BCUT2D eigenvalue weighted by Gasteiger charge is 2.30. The number of nitrogens with zero attached hydrogens (tertiary/aromatic N) is 4. The van der Waals surface area contributed by atoms with Crippen molar-refractivity contribution in [2.75, 3.05) is 56.0 Å². The number of carbonyl (C=O) groups excluding carboxylic acids is 3. The van der Waals surface area contributed by atoms with Crippen LogP contribution in [-0.4, -0.2) is 78.3 Å². The molecule has 44 heavy (non-hydrogen) atoms. The quantitative estimate of drug-likeness (QED) is 0.384. The van der Waals surface area contributed by atoms with E-state index in [1.807, 2.05) is 54.6 Å². The van der Waals surface area contributed by atoms with E-state index in [1.165, 1.54) is 0 Å². The van der Waals surface area contributed by atoms with Crippen LogP contribution in [0.2, 0.25) is 0 Å². The Hall–Kier alpha value is -3.66. The number of carbonyl (C=O) groups is 3. The van der Waals surface area contributed by atoms with Crippen molar-refractivity contribution in [3.05, 3.63) is 77.6 Å². The molecule has 2 fully saturated rings. The molecule has 4 heterocycles. The molecule has 0 saturated carbocycles. The maximum Gasteiger partial charge on any atom is 0.272 e. The maximum atomic E-state index is 13.5. The molecule has 2 N–H and O–H groups in total. The van der Waals surface area contributed by atoms with Crippen LogP contribution in [0.1, 0.15) is 52.6 Å². The molecule has 1 aromatic heterocycles. The number of piperazine rings is 1. The van der Waals surface area contributed by atoms with Crippen LogP contribution in [0.5, 0.6) is 0 Å². The number of hydrogen-bond acceptors (Lipinski definition) is 6. The van der Waals surface area contributed by atoms with Gasteiger partial charge in [0.15, 0.2) is 0 Å². The number of rotatable bonds is 7. The van der Waals surface area contributed by atoms with Gasteiger partial charge in [0.05, 0.1) is 5.92 Å². The molecular weight excluding hydrogens is 599 g/mol. The zero-order valence-electron chi connectivity index (χ0n) is 25.0. The summed E-state index contributed by atoms with van der Waals surface area (Å²) in [5, 5.41) is 5.92. The second-order valence-corrected chi connectivity index (χ2v) is 11.4. The Morgan fingerprint density at radius 3 is 2.57 bits per heavy atom. The van der Waals surface area contributed by atoms with Crippen LogP contribution >= 0.6 is 24.8 Å². The predicted octanol–water partition coefficient (Wildman–Crippen LogP) is 4.86. The van der Waals surface area contributed by atoms with Crippen LogP contribution in [-0.2, 0) is 11.3 Å². The lowest BCUT2D eigenvalue weighted by molar-refractivity contribution is -0.121. The molecule has 11 heteroatoms. The molecule has 2 saturated heterocycles. The minimum Gasteiger partial charge on any atom is -0.369 e. The summed E-state index contributed by atoms with van der Waals surface area (Å²) in [6.07, 6.45) is 4.37. The Morgan fingerprint density at radius 2 is 1.77 bits per heavy atom. The number of nitrogens with one attached hydrogen (secondary N) is 2. The van der Waals surface area contributed by atoms with Crippen molar-refractivity contribution < 1.29 is 14.4 Å². The number of pyridine rings is 1. The van der Waals surface area contributed by atoms with Crippen molar-refractivity contribution in [2.24, 2.45) is 5.92 Å². The van der Waals surface area contributed by atoms with Gasteiger partial charge in [-0.15, -0.1) is 24.8 Å². The fourth-order valence-electron chi connectivity index (χ4n) is 6.23. The molecule has 234 valence electrons. The lowest BCUT2D eigenvalue weighted by Crippen LogP contribution is -2.46. The van der Waals surface area contributed by atoms with E-state index in [4.69, 9.17) is 0 Å². The normalized spacial score (nSPS) is 18.0. The third kappa shape index (κ3) is 7.34. The average molecular weight is 640 g/mol. The first-order chi connectivity index (χ1) is 20.5. The lowest BCUT2D eigenvalue weighted by atomic mass is 9.96. The van der Waals surface area contributed by atoms with Gasteiger partial charge in [0.2, 0.25) is 5.91 Å². The van der Waals surface area contributed by atoms with Crippen LogP contribution < -0.4 is 15.5 Å². The number of hydrogen-bond donors (Lipinski definition) is 2. The van der Waals surface area contributed by atoms with Gasteiger partial charge < -0.3 is 20.4 Å². The first kappa shape index (κ1) is 33.2. The maximum absolute atomic E-state index is 13.5. The summed E-state index contributed by atoms with van der Waals surface area (Å²) in [7, 11) is 0. The summed E-state index contributed by atoms with van der Waals surface area (Å²) in [5.41, 5.74) is 5.70. The third-order valence-corrected chi connectivity index (χ3v) is 8.58. The van der Waals surface area contributed by atoms with Gasteiger partial charge in [-0.2, -0.15) is 0 Å². The highest BCUT2D eigenvalue weighted by molar-refractivity contribution is 6.00. The summed E-state index contributed by atoms with van der Waals surface area (Å²) >= 11 is 0. The number of halogens is 2. The molecular formula is C33H40Cl2N6O3. The van der Waals surface area contributed by atoms with Gasteiger partial charge in [-0.05, 0) is 72.8 Å². The molecule has 3 aromatic rings. The largest absolute Gasteiger partial charge is 0.369 e. The van der Waals surface area contributed by atoms with Gasteiger partial charge >= 0.3 is 0 Å². The molecule has 6 rings (SSSR count). The summed E-state index contributed by atoms with van der Waals surface area (Å²) in [6.45, 7) is 8.79. The fraction of sp³-hybridized carbons (Fsp3) is 0.394. The Kier molecular flexibility index (Phi) is 11.2. The van der Waals surface area contributed by atoms with E-state index in [-0.39, 0.29) is 48.5 Å². The van der Waals surface area contributed by atoms with Crippen molar-refractivity contribution in [1.82, 2.24) is 20.1 Å². The second-order valence-electron chi connectivity index (χ2n) is 11.4. The van der Waals surface area contributed by atoms with E-state index in [0.717, 1.165) is 74.4 Å². The van der Waals surface area contributed by atoms with Crippen LogP contribution in [0.25, 0.3) is 11.1 Å². The highest BCUT2D eigenvalue weighted by Crippen LogP contribution is 2.28. The van der Waals surface area contributed by atoms with Gasteiger partial charge in [-0.25, -0.2) is 0 Å². The van der Waals surface area contributed by atoms with E-state index in [2.05, 4.69) is 32.3 Å². The molecule has 3 aliphatic rings. The van der Waals surface area contributed by atoms with Gasteiger partial charge in [0.25, 0.3) is 11.8 Å². The minimum atomic E-state index is -0.301. The van der Waals surface area contributed by atoms with Crippen LogP contribution in [0.3, 0.4) is 0 Å². The standard InChI is InChI=1S/C33H38N6O3.2ClH/c1-2-12-37-14-16-38(17-15-37)28-10-11-34-30(20-28)33(42)39-13-4-6-26(22-39)31(40)36-27-7-3-5-23(18-27)24-8-9-25-21-35-32(41)29(25)19-24;;/h3,5,7-11,18-20,26H,2,4,6,12-17,21-22H2,1H3,(H,35,41)(H,36,40);2*1H/t26-;;/m0../s1. The fourth-order valence-corrected chi connectivity index (χ4v) is 6.23. The zero-order valence-corrected chi connectivity index (χ0v) is 26.6. The van der Waals surface area contributed by atoms with E-state index in [1.54, 1.807) is 11.1 Å². The van der Waals surface area contributed by atoms with Gasteiger partial charge in [-0.3, -0.25) is 24.3 Å². The topological polar surface area (TPSA) is 97.9 Å². The molecule has 0 spiro atoms. The van der Waals surface area contributed by atoms with E-state index < -0.39 is 0 Å². The number of amides is 3. The Labute approximate surface area is 271 Å². The zero-order chi connectivity index (χ0) is 29.1. The molecule has 0 radical (unpaired) electrons. The number of anilines is 2. The molecule has 2 aromatic carbocycles. The predicted molar refractivity (Wildman–Crippen MR) is 178 cm³/mol. The number of fused-ring (bicyclic) bond motifs is 1. The number of aromatic nitrogens is 1. The molecule has 3 amide bonds. The molecule has 9 nitrogen and oxygen atoms in total. The molecule has 0 aliphatic carbocycles. The van der Waals surface area contributed by atoms with Gasteiger partial charge in [-0.1, -0.05) is 31.2 Å². The molecule has 0 bridgehead atoms. The smallest absolute Gasteiger partial charge is 0.272 e. The van der Waals surface area contributed by atoms with Crippen LogP contribution in [0.15, 0.2) is 60.8 Å². The summed E-state index contributed by atoms with van der Waals surface area (Å²) < 4.78 is 0. The molecule has 0 unspecified atom stereocenters. The lowest BCUT2D eigenvalue weighted by Gasteiger charge is -2.36. The first-order valence-corrected chi connectivity index (χ1v) is 15.0. The summed E-state index contributed by atoms with van der Waals surface area (Å²) in [6, 6.07) is 17.4. The van der Waals surface area contributed by atoms with Crippen molar-refractivity contribution in [3.63, 3.8) is 0 Å². The Morgan fingerprint density at radius 1 is 0.977 bits per heavy atom. The summed E-state index contributed by atoms with van der Waals surface area (Å²) in [4.78, 5) is 49.9. The van der Waals surface area contributed by atoms with E-state index >= 15 is 0 Å². The van der Waals surface area contributed by atoms with Crippen molar-refractivity contribution in [3.8, 4) is 11.1 Å². The van der Waals surface area contributed by atoms with Gasteiger partial charge in [0, 0.05) is 68.9 Å². The second kappa shape index (κ2) is 14.9. The minimum absolute atomic E-state index is 0. The van der Waals surface area contributed by atoms with Gasteiger partial charge in [0.1, 0.15) is 5.69 Å². The van der Waals surface area contributed by atoms with E-state index in [0.29, 0.717) is 36.6 Å². The number of piperidine rings is 1. The van der Waals surface area contributed by atoms with E-state index in [9.17, 15) is 14.4 Å². The average Bonchev–Trinajstić information content (AvgIpc) is 3.41. The number of benzene rings is 2. The van der Waals surface area contributed by atoms with Crippen molar-refractivity contribution in [2.45, 2.75) is 32.7 Å². The molecule has 3 aliphatic heterocycles. The summed E-state index contributed by atoms with van der Waals surface area (Å²) in [5.74, 6) is -0.573. The third-order valence-electron chi connectivity index (χ3n) is 8.58. The Bertz CT molecular complexity index is 1490. The monoisotopic (exact) mass is 638 g/mol. The SMILES string of the molecule is CCCN1CCN(c2ccnc(C(=O)N3CCC[C@H](C(=O)Nc4cccc(-c5ccc6c(c5)C(=O)NC6)c4)C3)c2)CC1.Cl.Cl. The Balaban J connectivity index is 0.00000221. The molecule has 1 atom stereocenters. The van der Waals surface area contributed by atoms with Crippen molar-refractivity contribution in [1.29, 1.82) is 0 Å². The first-order valence-electron chi connectivity index (χ1n) is 15.0.